The fraction of sp³-hybridized carbons (Fsp3) is 0.273. The fourth-order valence-electron chi connectivity index (χ4n) is 1.59. The van der Waals surface area contributed by atoms with E-state index in [0.717, 1.165) is 11.0 Å². The summed E-state index contributed by atoms with van der Waals surface area (Å²) in [4.78, 5) is 18.6. The summed E-state index contributed by atoms with van der Waals surface area (Å²) in [5, 5.41) is 0.850. The lowest BCUT2D eigenvalue weighted by molar-refractivity contribution is -0.144. The van der Waals surface area contributed by atoms with Crippen molar-refractivity contribution in [3.05, 3.63) is 30.1 Å². The van der Waals surface area contributed by atoms with Crippen LogP contribution in [-0.4, -0.2) is 22.5 Å². The number of ether oxygens (including phenoxy) is 1. The van der Waals surface area contributed by atoms with Gasteiger partial charge < -0.3 is 15.5 Å². The van der Waals surface area contributed by atoms with Gasteiger partial charge in [-0.1, -0.05) is 0 Å². The minimum absolute atomic E-state index is 0.327. The van der Waals surface area contributed by atoms with Crippen molar-refractivity contribution in [2.24, 2.45) is 5.73 Å². The number of pyridine rings is 1. The molecule has 2 aromatic heterocycles. The number of aromatic nitrogens is 2. The van der Waals surface area contributed by atoms with Crippen molar-refractivity contribution in [3.63, 3.8) is 0 Å². The van der Waals surface area contributed by atoms with Gasteiger partial charge in [-0.15, -0.1) is 0 Å². The molecule has 0 saturated carbocycles. The summed E-state index contributed by atoms with van der Waals surface area (Å²) < 4.78 is 4.88. The molecule has 1 unspecified atom stereocenters. The molecule has 0 aliphatic carbocycles. The molecule has 2 rings (SSSR count). The van der Waals surface area contributed by atoms with Crippen molar-refractivity contribution < 1.29 is 9.53 Å². The van der Waals surface area contributed by atoms with E-state index < -0.39 is 12.0 Å². The number of fused-ring (bicyclic) bond motifs is 1. The van der Waals surface area contributed by atoms with E-state index in [4.69, 9.17) is 10.5 Å². The topological polar surface area (TPSA) is 81.0 Å². The van der Waals surface area contributed by atoms with Gasteiger partial charge in [0.15, 0.2) is 0 Å². The Morgan fingerprint density at radius 1 is 1.69 bits per heavy atom. The summed E-state index contributed by atoms with van der Waals surface area (Å²) in [5.74, 6) is -0.424. The lowest BCUT2D eigenvalue weighted by atomic mass is 10.1. The van der Waals surface area contributed by atoms with Gasteiger partial charge in [0.05, 0.1) is 6.61 Å². The van der Waals surface area contributed by atoms with Crippen LogP contribution in [0.3, 0.4) is 0 Å². The molecule has 2 heterocycles. The first-order chi connectivity index (χ1) is 7.74. The summed E-state index contributed by atoms with van der Waals surface area (Å²) in [5.41, 5.74) is 7.24. The molecule has 0 amide bonds. The molecule has 0 aliphatic heterocycles. The lowest BCUT2D eigenvalue weighted by Crippen LogP contribution is -2.23. The Balaban J connectivity index is 2.36. The van der Waals surface area contributed by atoms with Gasteiger partial charge in [0.2, 0.25) is 0 Å². The van der Waals surface area contributed by atoms with E-state index in [1.54, 1.807) is 25.4 Å². The van der Waals surface area contributed by atoms with Gasteiger partial charge >= 0.3 is 5.97 Å². The predicted octanol–water partition coefficient (Wildman–Crippen LogP) is 1.13. The van der Waals surface area contributed by atoms with Crippen LogP contribution < -0.4 is 5.73 Å². The second-order valence-electron chi connectivity index (χ2n) is 3.37. The maximum atomic E-state index is 11.5. The Morgan fingerprint density at radius 2 is 2.50 bits per heavy atom. The highest BCUT2D eigenvalue weighted by Crippen LogP contribution is 2.21. The van der Waals surface area contributed by atoms with Crippen LogP contribution in [0.1, 0.15) is 18.5 Å². The molecule has 0 aliphatic rings. The highest BCUT2D eigenvalue weighted by atomic mass is 16.5. The van der Waals surface area contributed by atoms with E-state index in [-0.39, 0.29) is 0 Å². The first-order valence-corrected chi connectivity index (χ1v) is 5.08. The number of carbonyl (C=O) groups is 1. The van der Waals surface area contributed by atoms with E-state index >= 15 is 0 Å². The quantitative estimate of drug-likeness (QED) is 0.758. The van der Waals surface area contributed by atoms with Crippen molar-refractivity contribution >= 4 is 17.0 Å². The average molecular weight is 219 g/mol. The number of esters is 1. The number of hydrogen-bond acceptors (Lipinski definition) is 4. The molecule has 16 heavy (non-hydrogen) atoms. The van der Waals surface area contributed by atoms with E-state index in [1.807, 2.05) is 6.07 Å². The number of nitrogens with one attached hydrogen (secondary N) is 1. The Morgan fingerprint density at radius 3 is 3.25 bits per heavy atom. The second kappa shape index (κ2) is 4.32. The Bertz CT molecular complexity index is 507. The number of H-pyrrole nitrogens is 1. The van der Waals surface area contributed by atoms with Crippen LogP contribution in [0, 0.1) is 0 Å². The normalized spacial score (nSPS) is 12.6. The zero-order valence-electron chi connectivity index (χ0n) is 8.93. The van der Waals surface area contributed by atoms with Crippen molar-refractivity contribution in [2.45, 2.75) is 13.0 Å². The number of nitrogens with two attached hydrogens (primary N) is 1. The van der Waals surface area contributed by atoms with E-state index in [0.29, 0.717) is 12.2 Å². The number of hydrogen-bond donors (Lipinski definition) is 2. The predicted molar refractivity (Wildman–Crippen MR) is 59.7 cm³/mol. The van der Waals surface area contributed by atoms with Crippen LogP contribution >= 0.6 is 0 Å². The molecule has 0 fully saturated rings. The van der Waals surface area contributed by atoms with E-state index in [1.165, 1.54) is 0 Å². The van der Waals surface area contributed by atoms with E-state index in [2.05, 4.69) is 9.97 Å². The Kier molecular flexibility index (Phi) is 2.87. The minimum atomic E-state index is -0.766. The molecule has 2 aromatic rings. The van der Waals surface area contributed by atoms with Gasteiger partial charge in [-0.05, 0) is 19.1 Å². The standard InChI is InChI=1S/C11H13N3O2/c1-2-16-11(15)9(12)8-6-14-10-7(8)4-3-5-13-10/h3-6,9H,2,12H2,1H3,(H,13,14). The van der Waals surface area contributed by atoms with Gasteiger partial charge in [0.25, 0.3) is 0 Å². The highest BCUT2D eigenvalue weighted by molar-refractivity contribution is 5.87. The molecule has 0 bridgehead atoms. The zero-order chi connectivity index (χ0) is 11.5. The van der Waals surface area contributed by atoms with Crippen LogP contribution in [0.4, 0.5) is 0 Å². The van der Waals surface area contributed by atoms with Gasteiger partial charge in [-0.25, -0.2) is 9.78 Å². The molecule has 1 atom stereocenters. The molecule has 0 aromatic carbocycles. The number of carbonyl (C=O) groups excluding carboxylic acids is 1. The smallest absolute Gasteiger partial charge is 0.327 e. The summed E-state index contributed by atoms with van der Waals surface area (Å²) in [7, 11) is 0. The number of nitrogens with zero attached hydrogens (tertiary/aromatic N) is 1. The molecular formula is C11H13N3O2. The van der Waals surface area contributed by atoms with E-state index in [9.17, 15) is 4.79 Å². The molecular weight excluding hydrogens is 206 g/mol. The molecule has 0 spiro atoms. The van der Waals surface area contributed by atoms with Crippen molar-refractivity contribution in [3.8, 4) is 0 Å². The first-order valence-electron chi connectivity index (χ1n) is 5.08. The summed E-state index contributed by atoms with van der Waals surface area (Å²) in [6.45, 7) is 2.08. The van der Waals surface area contributed by atoms with Gasteiger partial charge in [-0.3, -0.25) is 0 Å². The SMILES string of the molecule is CCOC(=O)C(N)c1c[nH]c2ncccc12. The number of aromatic amines is 1. The summed E-state index contributed by atoms with van der Waals surface area (Å²) >= 11 is 0. The Labute approximate surface area is 92.6 Å². The monoisotopic (exact) mass is 219 g/mol. The minimum Gasteiger partial charge on any atom is -0.465 e. The molecule has 84 valence electrons. The zero-order valence-corrected chi connectivity index (χ0v) is 8.93. The molecule has 5 heteroatoms. The fourth-order valence-corrected chi connectivity index (χ4v) is 1.59. The molecule has 0 saturated heterocycles. The van der Waals surface area contributed by atoms with Gasteiger partial charge in [0.1, 0.15) is 11.7 Å². The van der Waals surface area contributed by atoms with Gasteiger partial charge in [0, 0.05) is 23.3 Å². The maximum absolute atomic E-state index is 11.5. The molecule has 0 radical (unpaired) electrons. The Hall–Kier alpha value is -1.88. The lowest BCUT2D eigenvalue weighted by Gasteiger charge is -2.09. The first kappa shape index (κ1) is 10.6. The van der Waals surface area contributed by atoms with Crippen molar-refractivity contribution in [2.75, 3.05) is 6.61 Å². The average Bonchev–Trinajstić information content (AvgIpc) is 2.72. The molecule has 3 N–H and O–H groups in total. The highest BCUT2D eigenvalue weighted by Gasteiger charge is 2.20. The van der Waals surface area contributed by atoms with Gasteiger partial charge in [-0.2, -0.15) is 0 Å². The van der Waals surface area contributed by atoms with Crippen LogP contribution in [-0.2, 0) is 9.53 Å². The van der Waals surface area contributed by atoms with Crippen LogP contribution in [0.2, 0.25) is 0 Å². The second-order valence-corrected chi connectivity index (χ2v) is 3.37. The third-order valence-corrected chi connectivity index (χ3v) is 2.36. The summed E-state index contributed by atoms with van der Waals surface area (Å²) in [6, 6.07) is 2.91. The molecule has 5 nitrogen and oxygen atoms in total. The van der Waals surface area contributed by atoms with Crippen molar-refractivity contribution in [1.29, 1.82) is 0 Å². The summed E-state index contributed by atoms with van der Waals surface area (Å²) in [6.07, 6.45) is 3.37. The van der Waals surface area contributed by atoms with Crippen LogP contribution in [0.5, 0.6) is 0 Å². The number of rotatable bonds is 3. The third kappa shape index (κ3) is 1.77. The largest absolute Gasteiger partial charge is 0.465 e. The third-order valence-electron chi connectivity index (χ3n) is 2.36. The van der Waals surface area contributed by atoms with Crippen LogP contribution in [0.15, 0.2) is 24.5 Å². The maximum Gasteiger partial charge on any atom is 0.327 e. The van der Waals surface area contributed by atoms with Crippen LogP contribution in [0.25, 0.3) is 11.0 Å². The van der Waals surface area contributed by atoms with Crippen molar-refractivity contribution in [1.82, 2.24) is 9.97 Å².